The summed E-state index contributed by atoms with van der Waals surface area (Å²) < 4.78 is 37.6. The number of carbonyl (C=O) groups is 2. The van der Waals surface area contributed by atoms with Crippen LogP contribution in [0.4, 0.5) is 10.6 Å². The zero-order valence-corrected chi connectivity index (χ0v) is 26.9. The first-order valence-corrected chi connectivity index (χ1v) is 16.5. The molecule has 5 rings (SSSR count). The largest absolute Gasteiger partial charge is 0.480 e. The van der Waals surface area contributed by atoms with Crippen LogP contribution in [0.3, 0.4) is 0 Å². The molecule has 242 valence electrons. The minimum Gasteiger partial charge on any atom is -0.480 e. The summed E-state index contributed by atoms with van der Waals surface area (Å²) in [5, 5.41) is 11.0. The summed E-state index contributed by atoms with van der Waals surface area (Å²) in [5.41, 5.74) is 3.20. The fourth-order valence-corrected chi connectivity index (χ4v) is 6.03. The van der Waals surface area contributed by atoms with E-state index in [0.29, 0.717) is 41.5 Å². The number of carbonyl (C=O) groups excluding carboxylic acids is 2. The van der Waals surface area contributed by atoms with Gasteiger partial charge >= 0.3 is 6.03 Å². The van der Waals surface area contributed by atoms with Crippen LogP contribution < -0.4 is 20.1 Å². The fourth-order valence-electron chi connectivity index (χ4n) is 5.59. The average molecular weight is 648 g/mol. The molecule has 1 saturated heterocycles. The molecule has 2 aromatic heterocycles. The molecule has 2 aromatic carbocycles. The maximum absolute atomic E-state index is 13.7. The summed E-state index contributed by atoms with van der Waals surface area (Å²) in [7, 11) is -0.834. The second-order valence-electron chi connectivity index (χ2n) is 11.0. The van der Waals surface area contributed by atoms with Crippen LogP contribution in [0, 0.1) is 6.92 Å². The van der Waals surface area contributed by atoms with Crippen molar-refractivity contribution in [2.24, 2.45) is 0 Å². The van der Waals surface area contributed by atoms with E-state index in [1.807, 2.05) is 53.3 Å². The van der Waals surface area contributed by atoms with Gasteiger partial charge in [-0.15, -0.1) is 0 Å². The highest BCUT2D eigenvalue weighted by Crippen LogP contribution is 2.33. The van der Waals surface area contributed by atoms with E-state index < -0.39 is 22.0 Å². The minimum absolute atomic E-state index is 0.0492. The zero-order chi connectivity index (χ0) is 32.8. The van der Waals surface area contributed by atoms with Gasteiger partial charge in [0, 0.05) is 50.0 Å². The minimum atomic E-state index is -3.84. The van der Waals surface area contributed by atoms with E-state index in [1.54, 1.807) is 18.7 Å². The normalized spacial score (nSPS) is 16.6. The van der Waals surface area contributed by atoms with E-state index in [1.165, 1.54) is 19.4 Å². The number of sulfonamides is 1. The lowest BCUT2D eigenvalue weighted by Crippen LogP contribution is -2.42. The van der Waals surface area contributed by atoms with E-state index in [4.69, 9.17) is 14.6 Å². The number of anilines is 1. The van der Waals surface area contributed by atoms with Crippen LogP contribution in [0.1, 0.15) is 27.4 Å². The van der Waals surface area contributed by atoms with Crippen LogP contribution in [0.5, 0.6) is 5.88 Å². The molecule has 3 heterocycles. The predicted molar refractivity (Wildman–Crippen MR) is 174 cm³/mol. The number of hydrogen-bond donors (Lipinski definition) is 3. The highest BCUT2D eigenvalue weighted by Gasteiger charge is 2.35. The van der Waals surface area contributed by atoms with Gasteiger partial charge in [0.05, 0.1) is 37.4 Å². The van der Waals surface area contributed by atoms with Gasteiger partial charge in [0.2, 0.25) is 15.9 Å². The topological polar surface area (TPSA) is 157 Å². The first-order chi connectivity index (χ1) is 22.1. The Balaban J connectivity index is 1.47. The lowest BCUT2D eigenvalue weighted by Gasteiger charge is -2.21. The number of likely N-dealkylation sites (tertiary alicyclic amines) is 1. The van der Waals surface area contributed by atoms with Gasteiger partial charge in [-0.25, -0.2) is 27.6 Å². The number of aromatic nitrogens is 3. The molecule has 4 aromatic rings. The number of methoxy groups -OCH3 is 2. The summed E-state index contributed by atoms with van der Waals surface area (Å²) in [5.74, 6) is -0.439. The van der Waals surface area contributed by atoms with Gasteiger partial charge in [0.15, 0.2) is 0 Å². The molecule has 13 nitrogen and oxygen atoms in total. The number of urea groups is 1. The number of ether oxygens (including phenoxy) is 2. The van der Waals surface area contributed by atoms with E-state index in [0.717, 1.165) is 24.9 Å². The van der Waals surface area contributed by atoms with Crippen molar-refractivity contribution in [1.29, 1.82) is 0 Å². The summed E-state index contributed by atoms with van der Waals surface area (Å²) >= 11 is 0. The highest BCUT2D eigenvalue weighted by molar-refractivity contribution is 7.89. The first kappa shape index (κ1) is 32.6. The van der Waals surface area contributed by atoms with Crippen molar-refractivity contribution in [3.05, 3.63) is 89.6 Å². The first-order valence-electron chi connectivity index (χ1n) is 14.6. The molecule has 2 atom stereocenters. The van der Waals surface area contributed by atoms with Gasteiger partial charge in [-0.05, 0) is 30.7 Å². The summed E-state index contributed by atoms with van der Waals surface area (Å²) in [6.45, 7) is 4.59. The fraction of sp³-hybridized carbons (Fsp3) is 0.312. The third kappa shape index (κ3) is 7.53. The Hall–Kier alpha value is -4.79. The molecule has 0 saturated carbocycles. The number of hydrogen-bond acceptors (Lipinski definition) is 9. The Morgan fingerprint density at radius 1 is 1.02 bits per heavy atom. The third-order valence-electron chi connectivity index (χ3n) is 7.75. The highest BCUT2D eigenvalue weighted by atomic mass is 32.2. The van der Waals surface area contributed by atoms with E-state index in [9.17, 15) is 18.0 Å². The Bertz CT molecular complexity index is 1800. The second kappa shape index (κ2) is 14.1. The van der Waals surface area contributed by atoms with Gasteiger partial charge in [0.25, 0.3) is 5.91 Å². The molecule has 3 N–H and O–H groups in total. The lowest BCUT2D eigenvalue weighted by atomic mass is 9.94. The van der Waals surface area contributed by atoms with Gasteiger partial charge in [-0.2, -0.15) is 5.10 Å². The van der Waals surface area contributed by atoms with Crippen LogP contribution >= 0.6 is 0 Å². The summed E-state index contributed by atoms with van der Waals surface area (Å²) in [4.78, 5) is 33.0. The van der Waals surface area contributed by atoms with E-state index in [-0.39, 0.29) is 23.4 Å². The molecular formula is C32H37N7O6S. The Kier molecular flexibility index (Phi) is 9.99. The van der Waals surface area contributed by atoms with Gasteiger partial charge in [-0.3, -0.25) is 15.0 Å². The maximum atomic E-state index is 13.7. The van der Waals surface area contributed by atoms with Crippen LogP contribution in [-0.4, -0.2) is 92.8 Å². The number of benzene rings is 2. The monoisotopic (exact) mass is 647 g/mol. The van der Waals surface area contributed by atoms with Crippen molar-refractivity contribution in [3.63, 3.8) is 0 Å². The van der Waals surface area contributed by atoms with Gasteiger partial charge < -0.3 is 14.8 Å². The predicted octanol–water partition coefficient (Wildman–Crippen LogP) is 3.18. The van der Waals surface area contributed by atoms with Crippen molar-refractivity contribution in [3.8, 4) is 22.8 Å². The molecule has 0 unspecified atom stereocenters. The Morgan fingerprint density at radius 3 is 2.37 bits per heavy atom. The molecule has 14 heteroatoms. The summed E-state index contributed by atoms with van der Waals surface area (Å²) in [6.07, 6.45) is 2.36. The van der Waals surface area contributed by atoms with Crippen LogP contribution in [0.2, 0.25) is 0 Å². The summed E-state index contributed by atoms with van der Waals surface area (Å²) in [6, 6.07) is 20.3. The third-order valence-corrected chi connectivity index (χ3v) is 8.30. The molecule has 0 bridgehead atoms. The molecule has 0 spiro atoms. The lowest BCUT2D eigenvalue weighted by molar-refractivity contribution is 0.0978. The zero-order valence-electron chi connectivity index (χ0n) is 26.1. The van der Waals surface area contributed by atoms with Crippen molar-refractivity contribution < 1.29 is 27.5 Å². The van der Waals surface area contributed by atoms with Crippen molar-refractivity contribution >= 4 is 27.8 Å². The molecule has 3 amide bonds. The number of pyridine rings is 1. The Morgan fingerprint density at radius 2 is 1.72 bits per heavy atom. The van der Waals surface area contributed by atoms with Crippen molar-refractivity contribution in [2.75, 3.05) is 52.0 Å². The van der Waals surface area contributed by atoms with Crippen LogP contribution in [-0.2, 0) is 14.8 Å². The quantitative estimate of drug-likeness (QED) is 0.223. The van der Waals surface area contributed by atoms with Gasteiger partial charge in [-0.1, -0.05) is 48.5 Å². The van der Waals surface area contributed by atoms with E-state index in [2.05, 4.69) is 32.7 Å². The molecule has 1 fully saturated rings. The van der Waals surface area contributed by atoms with Crippen LogP contribution in [0.25, 0.3) is 16.9 Å². The Labute approximate surface area is 268 Å². The molecule has 0 aliphatic carbocycles. The molecule has 1 aliphatic rings. The average Bonchev–Trinajstić information content (AvgIpc) is 3.59. The SMILES string of the molecule is COCCN1C[C@@H](NC(=O)Nc2c(C)c(-c3cnc(OC)c(C(=O)NS(C)(=O)=O)c3)nn2-c2ccccc2)[C@H](c2ccccc2)C1. The number of rotatable bonds is 11. The van der Waals surface area contributed by atoms with Crippen LogP contribution in [0.15, 0.2) is 72.9 Å². The van der Waals surface area contributed by atoms with Crippen molar-refractivity contribution in [1.82, 2.24) is 29.7 Å². The maximum Gasteiger partial charge on any atom is 0.320 e. The van der Waals surface area contributed by atoms with E-state index >= 15 is 0 Å². The molecule has 1 aliphatic heterocycles. The smallest absolute Gasteiger partial charge is 0.320 e. The number of amides is 3. The van der Waals surface area contributed by atoms with Crippen molar-refractivity contribution in [2.45, 2.75) is 18.9 Å². The molecule has 46 heavy (non-hydrogen) atoms. The van der Waals surface area contributed by atoms with Gasteiger partial charge in [0.1, 0.15) is 11.4 Å². The number of nitrogens with one attached hydrogen (secondary N) is 3. The number of para-hydroxylation sites is 1. The number of nitrogens with zero attached hydrogens (tertiary/aromatic N) is 4. The molecular weight excluding hydrogens is 610 g/mol. The second-order valence-corrected chi connectivity index (χ2v) is 12.8. The molecule has 0 radical (unpaired) electrons. The standard InChI is InChI=1S/C32H37N7O6S/c1-21-28(23-17-25(31(45-3)33-18-23)30(40)37-46(4,42)43)36-39(24-13-9-6-10-14-24)29(21)35-32(41)34-27-20-38(15-16-44-2)19-26(27)22-11-7-5-8-12-22/h5-14,17-18,26-27H,15-16,19-20H2,1-4H3,(H,37,40)(H2,34,35,41)/t26-,27+/m0/s1.